The number of hydrogen-bond acceptors (Lipinski definition) is 12. The van der Waals surface area contributed by atoms with Crippen molar-refractivity contribution in [3.63, 3.8) is 0 Å². The van der Waals surface area contributed by atoms with Crippen LogP contribution in [0, 0.1) is 0 Å². The molecule has 2 aliphatic heterocycles. The van der Waals surface area contributed by atoms with Gasteiger partial charge in [-0.1, -0.05) is 0 Å². The van der Waals surface area contributed by atoms with E-state index >= 15 is 0 Å². The number of nitrogens with zero attached hydrogens (tertiary/aromatic N) is 6. The zero-order valence-electron chi connectivity index (χ0n) is 20.0. The molecule has 0 unspecified atom stereocenters. The second kappa shape index (κ2) is 8.91. The minimum atomic E-state index is -0.622. The van der Waals surface area contributed by atoms with Crippen molar-refractivity contribution in [1.29, 1.82) is 0 Å². The van der Waals surface area contributed by atoms with E-state index in [-0.39, 0.29) is 41.8 Å². The molecule has 6 heterocycles. The molecule has 0 aliphatic carbocycles. The molecule has 2 saturated heterocycles. The van der Waals surface area contributed by atoms with Crippen molar-refractivity contribution in [2.75, 3.05) is 17.3 Å². The molecule has 196 valence electrons. The van der Waals surface area contributed by atoms with Crippen molar-refractivity contribution >= 4 is 34.2 Å². The summed E-state index contributed by atoms with van der Waals surface area (Å²) in [7, 11) is 0. The van der Waals surface area contributed by atoms with Crippen LogP contribution in [0.2, 0.25) is 0 Å². The molecule has 0 aromatic carbocycles. The summed E-state index contributed by atoms with van der Waals surface area (Å²) in [5.41, 5.74) is 0.0268. The number of fused-ring (bicyclic) bond motifs is 2. The predicted molar refractivity (Wildman–Crippen MR) is 129 cm³/mol. The third kappa shape index (κ3) is 4.12. The first-order valence-corrected chi connectivity index (χ1v) is 11.9. The molecule has 4 aromatic heterocycles. The molecular weight excluding hydrogens is 488 g/mol. The van der Waals surface area contributed by atoms with Crippen LogP contribution in [0.5, 0.6) is 0 Å². The maximum Gasteiger partial charge on any atom is 0.280 e. The van der Waals surface area contributed by atoms with Gasteiger partial charge in [-0.3, -0.25) is 28.7 Å². The Labute approximate surface area is 207 Å². The highest BCUT2D eigenvalue weighted by molar-refractivity contribution is 5.72. The molecule has 4 aromatic rings. The lowest BCUT2D eigenvalue weighted by Gasteiger charge is -2.14. The number of rotatable bonds is 6. The predicted octanol–water partition coefficient (Wildman–Crippen LogP) is -0.629. The van der Waals surface area contributed by atoms with Gasteiger partial charge in [0.1, 0.15) is 12.5 Å². The number of aliphatic hydroxyl groups is 2. The van der Waals surface area contributed by atoms with E-state index in [9.17, 15) is 19.8 Å². The molecule has 0 amide bonds. The molecule has 37 heavy (non-hydrogen) atoms. The first kappa shape index (κ1) is 23.5. The van der Waals surface area contributed by atoms with Gasteiger partial charge in [-0.2, -0.15) is 9.97 Å². The first-order valence-electron chi connectivity index (χ1n) is 11.9. The van der Waals surface area contributed by atoms with Crippen LogP contribution in [0.15, 0.2) is 22.2 Å². The number of nitrogens with one attached hydrogen (secondary N) is 4. The summed E-state index contributed by atoms with van der Waals surface area (Å²) in [5, 5.41) is 25.9. The van der Waals surface area contributed by atoms with Crippen LogP contribution >= 0.6 is 0 Å². The molecule has 0 radical (unpaired) electrons. The van der Waals surface area contributed by atoms with Crippen molar-refractivity contribution in [2.45, 2.75) is 63.6 Å². The minimum Gasteiger partial charge on any atom is -0.390 e. The van der Waals surface area contributed by atoms with Gasteiger partial charge in [-0.05, 0) is 13.8 Å². The topological polar surface area (TPSA) is 210 Å². The molecule has 0 saturated carbocycles. The first-order chi connectivity index (χ1) is 17.8. The summed E-state index contributed by atoms with van der Waals surface area (Å²) >= 11 is 0. The molecule has 6 atom stereocenters. The van der Waals surface area contributed by atoms with Crippen LogP contribution in [0.4, 0.5) is 11.9 Å². The Morgan fingerprint density at radius 1 is 0.865 bits per heavy atom. The summed E-state index contributed by atoms with van der Waals surface area (Å²) in [6, 6.07) is 0. The number of ether oxygens (including phenoxy) is 2. The minimum absolute atomic E-state index is 0.0521. The molecule has 2 fully saturated rings. The Balaban J connectivity index is 1.20. The van der Waals surface area contributed by atoms with Gasteiger partial charge >= 0.3 is 0 Å². The summed E-state index contributed by atoms with van der Waals surface area (Å²) in [4.78, 5) is 47.5. The summed E-state index contributed by atoms with van der Waals surface area (Å²) < 4.78 is 14.8. The van der Waals surface area contributed by atoms with Gasteiger partial charge in [0.2, 0.25) is 11.9 Å². The van der Waals surface area contributed by atoms with Crippen LogP contribution in [-0.4, -0.2) is 80.3 Å². The lowest BCUT2D eigenvalue weighted by molar-refractivity contribution is -0.00638. The summed E-state index contributed by atoms with van der Waals surface area (Å²) in [5.74, 6) is 0.322. The number of aromatic nitrogens is 8. The van der Waals surface area contributed by atoms with E-state index in [0.29, 0.717) is 24.1 Å². The number of H-pyrrole nitrogens is 2. The third-order valence-corrected chi connectivity index (χ3v) is 6.71. The fourth-order valence-electron chi connectivity index (χ4n) is 4.60. The summed E-state index contributed by atoms with van der Waals surface area (Å²) in [6.45, 7) is 3.60. The standard InChI is InChI=1S/C21H26N10O6/c1-8-10(32)3-12(36-8)30-6-24-14-16(30)26-20(28-18(14)34)22-5-23-21-27-17-15(19(35)29-21)25-7-31(17)13-4-11(33)9(2)37-13/h6-13,32-33H,3-5H2,1-2H3,(H2,22,26,28,34)(H2,23,27,29,35)/t8-,9-,10+,11+,12-,13-/m1/s1. The molecule has 0 spiro atoms. The monoisotopic (exact) mass is 514 g/mol. The van der Waals surface area contributed by atoms with Gasteiger partial charge in [0.05, 0.1) is 43.7 Å². The van der Waals surface area contributed by atoms with Crippen molar-refractivity contribution in [2.24, 2.45) is 0 Å². The molecule has 6 rings (SSSR count). The number of hydrogen-bond donors (Lipinski definition) is 6. The van der Waals surface area contributed by atoms with Crippen molar-refractivity contribution < 1.29 is 19.7 Å². The van der Waals surface area contributed by atoms with Gasteiger partial charge in [-0.15, -0.1) is 0 Å². The lowest BCUT2D eigenvalue weighted by Crippen LogP contribution is -2.21. The Bertz CT molecular complexity index is 1440. The Morgan fingerprint density at radius 2 is 1.30 bits per heavy atom. The van der Waals surface area contributed by atoms with Crippen LogP contribution < -0.4 is 21.8 Å². The number of aliphatic hydroxyl groups excluding tert-OH is 2. The molecule has 0 bridgehead atoms. The maximum atomic E-state index is 12.5. The van der Waals surface area contributed by atoms with Crippen LogP contribution in [0.25, 0.3) is 22.3 Å². The van der Waals surface area contributed by atoms with E-state index < -0.39 is 35.8 Å². The summed E-state index contributed by atoms with van der Waals surface area (Å²) in [6.07, 6.45) is 0.720. The highest BCUT2D eigenvalue weighted by Gasteiger charge is 2.34. The quantitative estimate of drug-likeness (QED) is 0.178. The number of imidazole rings is 2. The van der Waals surface area contributed by atoms with E-state index in [1.165, 1.54) is 12.7 Å². The van der Waals surface area contributed by atoms with Gasteiger partial charge in [0.15, 0.2) is 22.3 Å². The molecule has 2 aliphatic rings. The van der Waals surface area contributed by atoms with Crippen LogP contribution in [-0.2, 0) is 9.47 Å². The van der Waals surface area contributed by atoms with E-state index in [1.807, 2.05) is 0 Å². The normalized spacial score (nSPS) is 27.9. The zero-order chi connectivity index (χ0) is 25.8. The Morgan fingerprint density at radius 3 is 1.68 bits per heavy atom. The smallest absolute Gasteiger partial charge is 0.280 e. The van der Waals surface area contributed by atoms with Crippen LogP contribution in [0.1, 0.15) is 39.1 Å². The maximum absolute atomic E-state index is 12.5. The van der Waals surface area contributed by atoms with E-state index in [1.54, 1.807) is 23.0 Å². The SMILES string of the molecule is C[C@H]1O[C@@H](n2cnc3c(=O)[nH]c(NCNc4nc5c(ncn5[C@H]5C[C@H](O)[C@@H](C)O5)c(=O)[nH]4)nc32)C[C@@H]1O. The molecule has 16 heteroatoms. The molecule has 6 N–H and O–H groups in total. The largest absolute Gasteiger partial charge is 0.390 e. The van der Waals surface area contributed by atoms with E-state index in [4.69, 9.17) is 9.47 Å². The van der Waals surface area contributed by atoms with Crippen molar-refractivity contribution in [3.8, 4) is 0 Å². The molecular formula is C21H26N10O6. The van der Waals surface area contributed by atoms with Crippen molar-refractivity contribution in [3.05, 3.63) is 33.4 Å². The lowest BCUT2D eigenvalue weighted by atomic mass is 10.2. The van der Waals surface area contributed by atoms with E-state index in [2.05, 4.69) is 40.5 Å². The van der Waals surface area contributed by atoms with Crippen molar-refractivity contribution in [1.82, 2.24) is 39.0 Å². The van der Waals surface area contributed by atoms with Gasteiger partial charge in [0.25, 0.3) is 11.1 Å². The van der Waals surface area contributed by atoms with Gasteiger partial charge in [-0.25, -0.2) is 9.97 Å². The van der Waals surface area contributed by atoms with Gasteiger partial charge in [0, 0.05) is 12.8 Å². The number of aromatic amines is 2. The fourth-order valence-corrected chi connectivity index (χ4v) is 4.60. The van der Waals surface area contributed by atoms with E-state index in [0.717, 1.165) is 0 Å². The molecule has 16 nitrogen and oxygen atoms in total. The second-order valence-corrected chi connectivity index (χ2v) is 9.21. The average molecular weight is 515 g/mol. The highest BCUT2D eigenvalue weighted by Crippen LogP contribution is 2.31. The number of anilines is 2. The fraction of sp³-hybridized carbons (Fsp3) is 0.524. The second-order valence-electron chi connectivity index (χ2n) is 9.21. The Kier molecular flexibility index (Phi) is 5.67. The average Bonchev–Trinajstić information content (AvgIpc) is 3.61. The third-order valence-electron chi connectivity index (χ3n) is 6.71. The Hall–Kier alpha value is -3.86. The highest BCUT2D eigenvalue weighted by atomic mass is 16.5. The van der Waals surface area contributed by atoms with Crippen LogP contribution in [0.3, 0.4) is 0 Å². The zero-order valence-corrected chi connectivity index (χ0v) is 20.0. The van der Waals surface area contributed by atoms with Gasteiger partial charge < -0.3 is 30.3 Å².